The van der Waals surface area contributed by atoms with E-state index in [1.54, 1.807) is 73.2 Å². The molecule has 2 fully saturated rings. The van der Waals surface area contributed by atoms with E-state index in [0.717, 1.165) is 66.7 Å². The Morgan fingerprint density at radius 1 is 1.02 bits per heavy atom. The minimum Gasteiger partial charge on any atom is -0.340 e. The molecule has 4 aliphatic rings. The Hall–Kier alpha value is -4.98. The number of hydrogen-bond acceptors (Lipinski definition) is 7. The van der Waals surface area contributed by atoms with Crippen molar-refractivity contribution in [3.8, 4) is 0 Å². The summed E-state index contributed by atoms with van der Waals surface area (Å²) in [6, 6.07) is 16.8. The minimum absolute atomic E-state index is 0.0428. The topological polar surface area (TPSA) is 107 Å². The molecule has 2 aromatic carbocycles. The van der Waals surface area contributed by atoms with Crippen molar-refractivity contribution in [2.45, 2.75) is 43.8 Å². The second kappa shape index (κ2) is 12.7. The first-order valence-electron chi connectivity index (χ1n) is 16.6. The lowest BCUT2D eigenvalue weighted by molar-refractivity contribution is -0.750. The van der Waals surface area contributed by atoms with Crippen LogP contribution in [0.3, 0.4) is 0 Å². The zero-order valence-electron chi connectivity index (χ0n) is 27.8. The molecule has 2 unspecified atom stereocenters. The predicted octanol–water partition coefficient (Wildman–Crippen LogP) is 6.02. The van der Waals surface area contributed by atoms with E-state index in [1.807, 2.05) is 19.0 Å². The minimum atomic E-state index is -4.61. The fraction of sp³-hybridized carbons (Fsp3) is 0.324. The highest BCUT2D eigenvalue weighted by Crippen LogP contribution is 2.41. The van der Waals surface area contributed by atoms with E-state index in [4.69, 9.17) is 10.8 Å². The van der Waals surface area contributed by atoms with Gasteiger partial charge in [-0.25, -0.2) is 4.98 Å². The first-order chi connectivity index (χ1) is 23.9. The number of carbonyl (C=O) groups is 2. The van der Waals surface area contributed by atoms with Gasteiger partial charge in [0.25, 0.3) is 11.7 Å². The van der Waals surface area contributed by atoms with E-state index < -0.39 is 23.2 Å². The summed E-state index contributed by atoms with van der Waals surface area (Å²) in [4.78, 5) is 46.6. The number of quaternary nitrogens is 1. The van der Waals surface area contributed by atoms with Crippen LogP contribution in [0.2, 0.25) is 0 Å². The van der Waals surface area contributed by atoms with E-state index >= 15 is 0 Å². The SMILES string of the molecule is CN(C)C1(C(=O)N2CCCC(C3=C4C=NC=C[N+]4(N)C(c4ccc(C(=O)N(c5ccccc5)c5cc(C(F)(F)F)ccn5)cc4)=N3)C2)CCC1. The van der Waals surface area contributed by atoms with E-state index in [2.05, 4.69) is 14.9 Å². The Morgan fingerprint density at radius 3 is 2.42 bits per heavy atom. The molecule has 2 atom stereocenters. The van der Waals surface area contributed by atoms with Crippen LogP contribution in [0.1, 0.15) is 53.6 Å². The Morgan fingerprint density at radius 2 is 1.76 bits per heavy atom. The number of amidine groups is 1. The summed E-state index contributed by atoms with van der Waals surface area (Å²) in [5, 5.41) is 0. The number of amides is 2. The van der Waals surface area contributed by atoms with Gasteiger partial charge in [0.1, 0.15) is 23.3 Å². The zero-order valence-corrected chi connectivity index (χ0v) is 27.8. The lowest BCUT2D eigenvalue weighted by atomic mass is 9.74. The number of allylic oxidation sites excluding steroid dienone is 1. The highest BCUT2D eigenvalue weighted by Gasteiger charge is 2.50. The van der Waals surface area contributed by atoms with Gasteiger partial charge < -0.3 is 4.90 Å². The number of aromatic nitrogens is 1. The monoisotopic (exact) mass is 683 g/mol. The number of anilines is 2. The van der Waals surface area contributed by atoms with Crippen molar-refractivity contribution in [3.63, 3.8) is 0 Å². The van der Waals surface area contributed by atoms with Crippen LogP contribution in [-0.2, 0) is 11.0 Å². The lowest BCUT2D eigenvalue weighted by Crippen LogP contribution is -2.62. The third-order valence-corrected chi connectivity index (χ3v) is 10.3. The van der Waals surface area contributed by atoms with Crippen LogP contribution in [-0.4, -0.2) is 76.0 Å². The molecule has 13 heteroatoms. The second-order valence-corrected chi connectivity index (χ2v) is 13.4. The number of alkyl halides is 3. The van der Waals surface area contributed by atoms with Crippen molar-refractivity contribution in [1.82, 2.24) is 14.8 Å². The van der Waals surface area contributed by atoms with Crippen molar-refractivity contribution < 1.29 is 27.4 Å². The van der Waals surface area contributed by atoms with E-state index in [-0.39, 0.29) is 27.8 Å². The number of benzene rings is 2. The van der Waals surface area contributed by atoms with Gasteiger partial charge >= 0.3 is 6.18 Å². The maximum absolute atomic E-state index is 14.0. The average Bonchev–Trinajstić information content (AvgIpc) is 3.41. The number of halogens is 3. The van der Waals surface area contributed by atoms with E-state index in [0.29, 0.717) is 30.2 Å². The molecule has 50 heavy (non-hydrogen) atoms. The van der Waals surface area contributed by atoms with Gasteiger partial charge in [0, 0.05) is 30.8 Å². The first-order valence-corrected chi connectivity index (χ1v) is 16.6. The maximum Gasteiger partial charge on any atom is 0.416 e. The average molecular weight is 684 g/mol. The van der Waals surface area contributed by atoms with Crippen molar-refractivity contribution in [2.75, 3.05) is 32.1 Å². The van der Waals surface area contributed by atoms with Crippen LogP contribution in [0.15, 0.2) is 107 Å². The van der Waals surface area contributed by atoms with Crippen LogP contribution < -0.4 is 10.7 Å². The number of nitrogens with zero attached hydrogens (tertiary/aromatic N) is 7. The molecule has 2 N–H and O–H groups in total. The Balaban J connectivity index is 1.18. The number of likely N-dealkylation sites (N-methyl/N-ethyl adjacent to an activating group) is 1. The fourth-order valence-corrected chi connectivity index (χ4v) is 7.29. The Kier molecular flexibility index (Phi) is 8.53. The summed E-state index contributed by atoms with van der Waals surface area (Å²) >= 11 is 0. The molecule has 3 aliphatic heterocycles. The second-order valence-electron chi connectivity index (χ2n) is 13.4. The number of hydrogen-bond donors (Lipinski definition) is 1. The summed E-state index contributed by atoms with van der Waals surface area (Å²) in [6.45, 7) is 1.24. The number of rotatable bonds is 7. The van der Waals surface area contributed by atoms with Crippen LogP contribution in [0.5, 0.6) is 0 Å². The number of pyridine rings is 1. The van der Waals surface area contributed by atoms with E-state index in [1.165, 1.54) is 0 Å². The first kappa shape index (κ1) is 33.5. The van der Waals surface area contributed by atoms with Gasteiger partial charge in [-0.05, 0) is 94.7 Å². The number of piperidine rings is 1. The molecule has 258 valence electrons. The molecular weight excluding hydrogens is 645 g/mol. The number of carbonyl (C=O) groups excluding carboxylic acids is 2. The predicted molar refractivity (Wildman–Crippen MR) is 184 cm³/mol. The smallest absolute Gasteiger partial charge is 0.340 e. The quantitative estimate of drug-likeness (QED) is 0.242. The number of aliphatic imine (C=N–C) groups is 2. The maximum atomic E-state index is 14.0. The van der Waals surface area contributed by atoms with Gasteiger partial charge in [-0.15, -0.1) is 4.59 Å². The van der Waals surface area contributed by atoms with Crippen LogP contribution in [0, 0.1) is 5.92 Å². The van der Waals surface area contributed by atoms with Crippen molar-refractivity contribution in [2.24, 2.45) is 21.7 Å². The summed E-state index contributed by atoms with van der Waals surface area (Å²) in [5.41, 5.74) is 1.40. The summed E-state index contributed by atoms with van der Waals surface area (Å²) in [5.74, 6) is 6.97. The molecule has 0 radical (unpaired) electrons. The summed E-state index contributed by atoms with van der Waals surface area (Å²) < 4.78 is 40.6. The van der Waals surface area contributed by atoms with Gasteiger partial charge in [-0.2, -0.15) is 24.0 Å². The Labute approximate surface area is 288 Å². The third kappa shape index (κ3) is 5.74. The van der Waals surface area contributed by atoms with Crippen LogP contribution >= 0.6 is 0 Å². The van der Waals surface area contributed by atoms with Gasteiger partial charge in [-0.1, -0.05) is 18.2 Å². The fourth-order valence-electron chi connectivity index (χ4n) is 7.29. The highest BCUT2D eigenvalue weighted by atomic mass is 19.4. The molecule has 10 nitrogen and oxygen atoms in total. The van der Waals surface area contributed by atoms with Crippen molar-refractivity contribution >= 4 is 35.4 Å². The molecule has 2 amide bonds. The molecule has 3 aromatic rings. The molecule has 1 saturated carbocycles. The zero-order chi connectivity index (χ0) is 35.3. The van der Waals surface area contributed by atoms with Crippen molar-refractivity contribution in [1.29, 1.82) is 0 Å². The molecule has 0 bridgehead atoms. The third-order valence-electron chi connectivity index (χ3n) is 10.3. The van der Waals surface area contributed by atoms with E-state index in [9.17, 15) is 22.8 Å². The normalized spacial score (nSPS) is 22.7. The molecule has 4 heterocycles. The van der Waals surface area contributed by atoms with Gasteiger partial charge in [-0.3, -0.25) is 24.4 Å². The molecule has 7 rings (SSSR count). The van der Waals surface area contributed by atoms with Gasteiger partial charge in [0.05, 0.1) is 29.2 Å². The molecule has 1 saturated heterocycles. The lowest BCUT2D eigenvalue weighted by Gasteiger charge is -2.49. The van der Waals surface area contributed by atoms with Crippen LogP contribution in [0.25, 0.3) is 0 Å². The highest BCUT2D eigenvalue weighted by molar-refractivity contribution is 6.11. The largest absolute Gasteiger partial charge is 0.416 e. The summed E-state index contributed by atoms with van der Waals surface area (Å²) in [7, 11) is 3.95. The number of para-hydroxylation sites is 1. The van der Waals surface area contributed by atoms with Crippen molar-refractivity contribution in [3.05, 3.63) is 113 Å². The Bertz CT molecular complexity index is 1930. The number of nitrogens with two attached hydrogens (primary N) is 1. The molecule has 0 spiro atoms. The summed E-state index contributed by atoms with van der Waals surface area (Å²) in [6.07, 6.45) is 5.96. The number of likely N-dealkylation sites (tertiary alicyclic amines) is 1. The number of fused-ring (bicyclic) bond motifs is 1. The van der Waals surface area contributed by atoms with Crippen LogP contribution in [0.4, 0.5) is 24.7 Å². The van der Waals surface area contributed by atoms with Gasteiger partial charge in [0.2, 0.25) is 11.6 Å². The molecular formula is C37H38F3N8O2+. The molecule has 1 aliphatic carbocycles. The molecule has 1 aromatic heterocycles. The standard InChI is InChI=1S/C37H38F3N8O2/c1-45(2)36(16-7-17-36)35(50)46-20-6-8-27(24-46)32-30-23-42-19-21-48(30,41)33(44-32)25-11-13-26(14-12-25)34(49)47(29-9-4-3-5-10-29)31-22-28(15-18-43-31)37(38,39)40/h3-5,9-15,18-19,21-23,27H,6-8,16-17,20,24,41H2,1-2H3/q+1. The van der Waals surface area contributed by atoms with Gasteiger partial charge in [0.15, 0.2) is 0 Å².